The van der Waals surface area contributed by atoms with Gasteiger partial charge in [0, 0.05) is 12.5 Å². The number of aliphatic hydroxyl groups is 2. The predicted octanol–water partition coefficient (Wildman–Crippen LogP) is 6.25. The molecule has 0 bridgehead atoms. The Morgan fingerprint density at radius 1 is 1.05 bits per heavy atom. The number of fused-ring (bicyclic) bond motifs is 4. The summed E-state index contributed by atoms with van der Waals surface area (Å²) in [5.74, 6) is 2.22. The summed E-state index contributed by atoms with van der Waals surface area (Å²) in [5, 5.41) is 22.3. The molecule has 0 amide bonds. The second-order valence-corrected chi connectivity index (χ2v) is 17.4. The number of rotatable bonds is 5. The number of hydrogen-bond acceptors (Lipinski definition) is 6. The van der Waals surface area contributed by atoms with Crippen LogP contribution in [0.5, 0.6) is 0 Å². The highest BCUT2D eigenvalue weighted by molar-refractivity contribution is 5.69. The third kappa shape index (κ3) is 3.62. The zero-order valence-electron chi connectivity index (χ0n) is 28.0. The molecular formula is C36H61NO5. The van der Waals surface area contributed by atoms with E-state index in [9.17, 15) is 15.0 Å². The average molecular weight is 588 g/mol. The second-order valence-electron chi connectivity index (χ2n) is 17.4. The van der Waals surface area contributed by atoms with Crippen molar-refractivity contribution in [3.63, 3.8) is 0 Å². The summed E-state index contributed by atoms with van der Waals surface area (Å²) < 4.78 is 13.0. The zero-order chi connectivity index (χ0) is 30.8. The van der Waals surface area contributed by atoms with Crippen LogP contribution < -0.4 is 5.73 Å². The molecule has 42 heavy (non-hydrogen) atoms. The molecule has 14 atom stereocenters. The molecule has 0 aromatic rings. The van der Waals surface area contributed by atoms with E-state index in [-0.39, 0.29) is 53.0 Å². The van der Waals surface area contributed by atoms with Crippen LogP contribution in [0, 0.1) is 56.7 Å². The van der Waals surface area contributed by atoms with Crippen molar-refractivity contribution in [1.82, 2.24) is 0 Å². The Labute approximate surface area is 255 Å². The highest BCUT2D eigenvalue weighted by Gasteiger charge is 2.86. The van der Waals surface area contributed by atoms with Crippen molar-refractivity contribution in [2.75, 3.05) is 0 Å². The Bertz CT molecular complexity index is 1090. The molecule has 2 spiro atoms. The molecule has 6 fully saturated rings. The van der Waals surface area contributed by atoms with E-state index in [1.165, 1.54) is 32.1 Å². The van der Waals surface area contributed by atoms with Crippen LogP contribution in [0.4, 0.5) is 0 Å². The Morgan fingerprint density at radius 3 is 2.31 bits per heavy atom. The minimum atomic E-state index is -1.21. The lowest BCUT2D eigenvalue weighted by atomic mass is 9.44. The highest BCUT2D eigenvalue weighted by atomic mass is 16.6. The summed E-state index contributed by atoms with van der Waals surface area (Å²) in [6.45, 7) is 19.9. The minimum Gasteiger partial charge on any atom is -0.457 e. The molecule has 5 saturated carbocycles. The first-order chi connectivity index (χ1) is 19.5. The highest BCUT2D eigenvalue weighted by Crippen LogP contribution is 2.90. The summed E-state index contributed by atoms with van der Waals surface area (Å²) in [6.07, 6.45) is 8.84. The molecular weight excluding hydrogens is 526 g/mol. The normalized spacial score (nSPS) is 53.4. The first kappa shape index (κ1) is 31.3. The van der Waals surface area contributed by atoms with Crippen molar-refractivity contribution < 1.29 is 24.5 Å². The number of carbonyl (C=O) groups is 1. The van der Waals surface area contributed by atoms with Crippen LogP contribution in [0.15, 0.2) is 0 Å². The maximum atomic E-state index is 12.5. The number of nitrogens with two attached hydrogens (primary N) is 1. The quantitative estimate of drug-likeness (QED) is 0.329. The first-order valence-electron chi connectivity index (χ1n) is 17.5. The van der Waals surface area contributed by atoms with E-state index in [2.05, 4.69) is 41.5 Å². The van der Waals surface area contributed by atoms with Gasteiger partial charge in [-0.3, -0.25) is 4.79 Å². The summed E-state index contributed by atoms with van der Waals surface area (Å²) in [6, 6.07) is -0.112. The van der Waals surface area contributed by atoms with Crippen molar-refractivity contribution in [1.29, 1.82) is 0 Å². The predicted molar refractivity (Wildman–Crippen MR) is 164 cm³/mol. The summed E-state index contributed by atoms with van der Waals surface area (Å²) in [5.41, 5.74) is 6.90. The molecule has 240 valence electrons. The van der Waals surface area contributed by atoms with Crippen molar-refractivity contribution in [3.05, 3.63) is 0 Å². The van der Waals surface area contributed by atoms with Crippen LogP contribution in [0.25, 0.3) is 0 Å². The SMILES string of the molecule is CCC(=O)OC(C1CC(CC)C2C(O1)C(N)C1(C)C3CCCC4C(C)(C)C(O)CCC45C(C)C35CCC21C)C(C)(C)O. The van der Waals surface area contributed by atoms with Gasteiger partial charge in [-0.2, -0.15) is 0 Å². The maximum absolute atomic E-state index is 12.5. The molecule has 1 heterocycles. The molecule has 6 rings (SSSR count). The topological polar surface area (TPSA) is 102 Å². The fraction of sp³-hybridized carbons (Fsp3) is 0.972. The fourth-order valence-corrected chi connectivity index (χ4v) is 13.6. The molecule has 14 unspecified atom stereocenters. The first-order valence-corrected chi connectivity index (χ1v) is 17.5. The van der Waals surface area contributed by atoms with Crippen LogP contribution >= 0.6 is 0 Å². The smallest absolute Gasteiger partial charge is 0.305 e. The average Bonchev–Trinajstić information content (AvgIpc) is 3.43. The fourth-order valence-electron chi connectivity index (χ4n) is 13.6. The van der Waals surface area contributed by atoms with Crippen LogP contribution in [0.3, 0.4) is 0 Å². The molecule has 6 heteroatoms. The van der Waals surface area contributed by atoms with Crippen LogP contribution in [0.1, 0.15) is 127 Å². The van der Waals surface area contributed by atoms with E-state index in [0.717, 1.165) is 25.7 Å². The van der Waals surface area contributed by atoms with Gasteiger partial charge in [0.15, 0.2) is 6.10 Å². The van der Waals surface area contributed by atoms with Gasteiger partial charge >= 0.3 is 5.97 Å². The monoisotopic (exact) mass is 587 g/mol. The third-order valence-corrected chi connectivity index (χ3v) is 15.8. The Balaban J connectivity index is 1.39. The molecule has 5 aliphatic carbocycles. The standard InChI is InChI=1S/C36H61NO5/c1-10-21-19-22(30(32(6,7)40)42-26(39)11-2)41-28-27(21)33(8)17-18-36-20(3)35(36)16-15-25(38)31(4,5)23(35)13-12-14-24(36)34(33,9)29(28)37/h20-25,27-30,38,40H,10-19,37H2,1-9H3. The Hall–Kier alpha value is -0.690. The van der Waals surface area contributed by atoms with Gasteiger partial charge in [-0.05, 0) is 115 Å². The van der Waals surface area contributed by atoms with E-state index < -0.39 is 11.7 Å². The van der Waals surface area contributed by atoms with E-state index in [4.69, 9.17) is 15.2 Å². The van der Waals surface area contributed by atoms with Gasteiger partial charge < -0.3 is 25.4 Å². The summed E-state index contributed by atoms with van der Waals surface area (Å²) >= 11 is 0. The molecule has 6 aliphatic rings. The van der Waals surface area contributed by atoms with Gasteiger partial charge in [0.25, 0.3) is 0 Å². The number of hydrogen-bond donors (Lipinski definition) is 3. The molecule has 1 aliphatic heterocycles. The van der Waals surface area contributed by atoms with Crippen molar-refractivity contribution in [2.45, 2.75) is 163 Å². The Morgan fingerprint density at radius 2 is 1.69 bits per heavy atom. The second kappa shape index (κ2) is 9.66. The lowest BCUT2D eigenvalue weighted by Crippen LogP contribution is -2.58. The number of ether oxygens (including phenoxy) is 2. The van der Waals surface area contributed by atoms with E-state index >= 15 is 0 Å². The number of aliphatic hydroxyl groups excluding tert-OH is 1. The third-order valence-electron chi connectivity index (χ3n) is 15.8. The van der Waals surface area contributed by atoms with E-state index in [1.807, 2.05) is 0 Å². The van der Waals surface area contributed by atoms with Gasteiger partial charge in [-0.15, -0.1) is 0 Å². The summed E-state index contributed by atoms with van der Waals surface area (Å²) in [7, 11) is 0. The van der Waals surface area contributed by atoms with Crippen molar-refractivity contribution >= 4 is 5.97 Å². The van der Waals surface area contributed by atoms with Gasteiger partial charge in [-0.25, -0.2) is 0 Å². The van der Waals surface area contributed by atoms with Crippen LogP contribution in [0.2, 0.25) is 0 Å². The van der Waals surface area contributed by atoms with Crippen molar-refractivity contribution in [2.24, 2.45) is 62.4 Å². The molecule has 0 aromatic carbocycles. The van der Waals surface area contributed by atoms with Gasteiger partial charge in [0.2, 0.25) is 0 Å². The lowest BCUT2D eigenvalue weighted by Gasteiger charge is -2.60. The van der Waals surface area contributed by atoms with Crippen LogP contribution in [-0.2, 0) is 14.3 Å². The van der Waals surface area contributed by atoms with Gasteiger partial charge in [0.05, 0.1) is 23.9 Å². The molecule has 1 saturated heterocycles. The molecule has 0 aromatic heterocycles. The molecule has 4 N–H and O–H groups in total. The zero-order valence-corrected chi connectivity index (χ0v) is 28.0. The van der Waals surface area contributed by atoms with Crippen molar-refractivity contribution in [3.8, 4) is 0 Å². The maximum Gasteiger partial charge on any atom is 0.305 e. The van der Waals surface area contributed by atoms with E-state index in [1.54, 1.807) is 20.8 Å². The molecule has 6 nitrogen and oxygen atoms in total. The lowest BCUT2D eigenvalue weighted by molar-refractivity contribution is -0.212. The van der Waals surface area contributed by atoms with Gasteiger partial charge in [-0.1, -0.05) is 61.3 Å². The summed E-state index contributed by atoms with van der Waals surface area (Å²) in [4.78, 5) is 12.5. The molecule has 0 radical (unpaired) electrons. The number of esters is 1. The minimum absolute atomic E-state index is 0.0516. The van der Waals surface area contributed by atoms with Crippen LogP contribution in [-0.4, -0.2) is 52.2 Å². The number of carbonyl (C=O) groups excluding carboxylic acids is 1. The van der Waals surface area contributed by atoms with E-state index in [0.29, 0.717) is 40.4 Å². The van der Waals surface area contributed by atoms with Gasteiger partial charge in [0.1, 0.15) is 0 Å². The Kier molecular flexibility index (Phi) is 7.20. The largest absolute Gasteiger partial charge is 0.457 e.